The lowest BCUT2D eigenvalue weighted by atomic mass is 10.1. The summed E-state index contributed by atoms with van der Waals surface area (Å²) in [7, 11) is 0. The maximum atomic E-state index is 12.3. The van der Waals surface area contributed by atoms with Gasteiger partial charge in [-0.1, -0.05) is 12.1 Å². The second kappa shape index (κ2) is 6.67. The van der Waals surface area contributed by atoms with Gasteiger partial charge in [-0.2, -0.15) is 0 Å². The van der Waals surface area contributed by atoms with Crippen LogP contribution in [-0.2, 0) is 4.74 Å². The molecule has 2 heterocycles. The summed E-state index contributed by atoms with van der Waals surface area (Å²) in [4.78, 5) is 20.7. The summed E-state index contributed by atoms with van der Waals surface area (Å²) in [5.74, 6) is 0. The number of anilines is 1. The molecule has 0 spiro atoms. The van der Waals surface area contributed by atoms with Crippen molar-refractivity contribution in [3.63, 3.8) is 0 Å². The van der Waals surface area contributed by atoms with E-state index in [4.69, 9.17) is 4.74 Å². The molecule has 1 amide bonds. The van der Waals surface area contributed by atoms with Crippen LogP contribution in [0.2, 0.25) is 0 Å². The number of hydrogen-bond donors (Lipinski definition) is 0. The average Bonchev–Trinajstić information content (AvgIpc) is 2.79. The van der Waals surface area contributed by atoms with Gasteiger partial charge >= 0.3 is 6.09 Å². The van der Waals surface area contributed by atoms with Gasteiger partial charge in [0, 0.05) is 55.0 Å². The van der Waals surface area contributed by atoms with Gasteiger partial charge in [0.25, 0.3) is 0 Å². The van der Waals surface area contributed by atoms with Gasteiger partial charge in [0.05, 0.1) is 0 Å². The number of benzene rings is 1. The third-order valence-corrected chi connectivity index (χ3v) is 4.15. The molecule has 1 aromatic heterocycles. The average molecular weight is 327 g/mol. The molecule has 5 nitrogen and oxygen atoms in total. The van der Waals surface area contributed by atoms with Crippen LogP contribution in [0.1, 0.15) is 27.2 Å². The van der Waals surface area contributed by atoms with Crippen molar-refractivity contribution < 1.29 is 9.53 Å². The second-order valence-electron chi connectivity index (χ2n) is 7.18. The fraction of sp³-hybridized carbons (Fsp3) is 0.474. The summed E-state index contributed by atoms with van der Waals surface area (Å²) in [6.07, 6.45) is 4.44. The first kappa shape index (κ1) is 16.6. The zero-order chi connectivity index (χ0) is 17.2. The van der Waals surface area contributed by atoms with Crippen molar-refractivity contribution in [3.8, 4) is 0 Å². The molecule has 0 atom stereocenters. The van der Waals surface area contributed by atoms with E-state index < -0.39 is 5.60 Å². The van der Waals surface area contributed by atoms with Crippen molar-refractivity contribution >= 4 is 22.6 Å². The number of nitrogens with zero attached hydrogens (tertiary/aromatic N) is 3. The molecule has 0 bridgehead atoms. The van der Waals surface area contributed by atoms with Gasteiger partial charge in [0.1, 0.15) is 5.60 Å². The first-order valence-electron chi connectivity index (χ1n) is 8.50. The molecular formula is C19H25N3O2. The Kier molecular flexibility index (Phi) is 4.60. The van der Waals surface area contributed by atoms with Crippen LogP contribution in [0.5, 0.6) is 0 Å². The molecule has 0 unspecified atom stereocenters. The minimum Gasteiger partial charge on any atom is -0.444 e. The van der Waals surface area contributed by atoms with E-state index in [0.717, 1.165) is 31.4 Å². The molecule has 1 aromatic carbocycles. The highest BCUT2D eigenvalue weighted by molar-refractivity contribution is 5.93. The summed E-state index contributed by atoms with van der Waals surface area (Å²) in [6, 6.07) is 8.35. The maximum absolute atomic E-state index is 12.3. The normalized spacial score (nSPS) is 16.1. The molecule has 0 N–H and O–H groups in total. The van der Waals surface area contributed by atoms with Crippen LogP contribution in [0.15, 0.2) is 36.7 Å². The molecule has 5 heteroatoms. The standard InChI is InChI=1S/C19H25N3O2/c1-19(2,3)24-18(23)22-11-5-10-21(12-13-22)17-7-4-6-15-14-20-9-8-16(15)17/h4,6-9,14H,5,10-13H2,1-3H3. The van der Waals surface area contributed by atoms with Crippen LogP contribution in [0, 0.1) is 0 Å². The van der Waals surface area contributed by atoms with Gasteiger partial charge in [-0.05, 0) is 39.3 Å². The van der Waals surface area contributed by atoms with Crippen molar-refractivity contribution in [1.29, 1.82) is 0 Å². The number of fused-ring (bicyclic) bond motifs is 1. The van der Waals surface area contributed by atoms with E-state index in [-0.39, 0.29) is 6.09 Å². The van der Waals surface area contributed by atoms with E-state index >= 15 is 0 Å². The van der Waals surface area contributed by atoms with Crippen molar-refractivity contribution in [1.82, 2.24) is 9.88 Å². The molecule has 1 saturated heterocycles. The minimum absolute atomic E-state index is 0.216. The maximum Gasteiger partial charge on any atom is 0.410 e. The molecular weight excluding hydrogens is 302 g/mol. The number of hydrogen-bond acceptors (Lipinski definition) is 4. The number of carbonyl (C=O) groups excluding carboxylic acids is 1. The molecule has 2 aromatic rings. The third kappa shape index (κ3) is 3.78. The lowest BCUT2D eigenvalue weighted by Crippen LogP contribution is -2.39. The molecule has 1 aliphatic rings. The predicted octanol–water partition coefficient (Wildman–Crippen LogP) is 3.68. The molecule has 0 radical (unpaired) electrons. The molecule has 1 aliphatic heterocycles. The first-order chi connectivity index (χ1) is 11.4. The van der Waals surface area contributed by atoms with Crippen LogP contribution >= 0.6 is 0 Å². The van der Waals surface area contributed by atoms with Crippen LogP contribution in [-0.4, -0.2) is 47.8 Å². The Balaban J connectivity index is 1.75. The van der Waals surface area contributed by atoms with Crippen molar-refractivity contribution in [3.05, 3.63) is 36.7 Å². The highest BCUT2D eigenvalue weighted by atomic mass is 16.6. The molecule has 1 fully saturated rings. The van der Waals surface area contributed by atoms with Crippen molar-refractivity contribution in [2.24, 2.45) is 0 Å². The van der Waals surface area contributed by atoms with Crippen LogP contribution in [0.25, 0.3) is 10.8 Å². The number of carbonyl (C=O) groups is 1. The summed E-state index contributed by atoms with van der Waals surface area (Å²) >= 11 is 0. The Morgan fingerprint density at radius 1 is 1.12 bits per heavy atom. The van der Waals surface area contributed by atoms with Crippen molar-refractivity contribution in [2.45, 2.75) is 32.8 Å². The number of rotatable bonds is 1. The number of pyridine rings is 1. The Bertz CT molecular complexity index is 719. The Labute approximate surface area is 143 Å². The van der Waals surface area contributed by atoms with Gasteiger partial charge in [0.15, 0.2) is 0 Å². The lowest BCUT2D eigenvalue weighted by molar-refractivity contribution is 0.0263. The number of ether oxygens (including phenoxy) is 1. The van der Waals surface area contributed by atoms with Gasteiger partial charge in [-0.15, -0.1) is 0 Å². The van der Waals surface area contributed by atoms with Gasteiger partial charge < -0.3 is 14.5 Å². The minimum atomic E-state index is -0.453. The van der Waals surface area contributed by atoms with E-state index in [2.05, 4.69) is 34.1 Å². The molecule has 24 heavy (non-hydrogen) atoms. The predicted molar refractivity (Wildman–Crippen MR) is 96.4 cm³/mol. The van der Waals surface area contributed by atoms with Gasteiger partial charge in [0.2, 0.25) is 0 Å². The SMILES string of the molecule is CC(C)(C)OC(=O)N1CCCN(c2cccc3cnccc23)CC1. The fourth-order valence-electron chi connectivity index (χ4n) is 3.05. The molecule has 0 aliphatic carbocycles. The Morgan fingerprint density at radius 3 is 2.75 bits per heavy atom. The van der Waals surface area contributed by atoms with Gasteiger partial charge in [-0.25, -0.2) is 4.79 Å². The van der Waals surface area contributed by atoms with Crippen molar-refractivity contribution in [2.75, 3.05) is 31.1 Å². The summed E-state index contributed by atoms with van der Waals surface area (Å²) in [5, 5.41) is 2.35. The highest BCUT2D eigenvalue weighted by Gasteiger charge is 2.24. The molecule has 0 saturated carbocycles. The van der Waals surface area contributed by atoms with E-state index in [0.29, 0.717) is 6.54 Å². The smallest absolute Gasteiger partial charge is 0.410 e. The highest BCUT2D eigenvalue weighted by Crippen LogP contribution is 2.27. The largest absolute Gasteiger partial charge is 0.444 e. The lowest BCUT2D eigenvalue weighted by Gasteiger charge is -2.27. The quantitative estimate of drug-likeness (QED) is 0.801. The van der Waals surface area contributed by atoms with E-state index in [9.17, 15) is 4.79 Å². The fourth-order valence-corrected chi connectivity index (χ4v) is 3.05. The van der Waals surface area contributed by atoms with Crippen LogP contribution in [0.3, 0.4) is 0 Å². The summed E-state index contributed by atoms with van der Waals surface area (Å²) in [5.41, 5.74) is 0.757. The zero-order valence-corrected chi connectivity index (χ0v) is 14.7. The Hall–Kier alpha value is -2.30. The van der Waals surface area contributed by atoms with Crippen LogP contribution in [0.4, 0.5) is 10.5 Å². The second-order valence-corrected chi connectivity index (χ2v) is 7.18. The third-order valence-electron chi connectivity index (χ3n) is 4.15. The van der Waals surface area contributed by atoms with Gasteiger partial charge in [-0.3, -0.25) is 4.98 Å². The topological polar surface area (TPSA) is 45.7 Å². The monoisotopic (exact) mass is 327 g/mol. The molecule has 128 valence electrons. The van der Waals surface area contributed by atoms with E-state index in [1.165, 1.54) is 11.1 Å². The van der Waals surface area contributed by atoms with E-state index in [1.54, 1.807) is 0 Å². The summed E-state index contributed by atoms with van der Waals surface area (Å²) < 4.78 is 5.50. The Morgan fingerprint density at radius 2 is 1.96 bits per heavy atom. The summed E-state index contributed by atoms with van der Waals surface area (Å²) in [6.45, 7) is 8.85. The zero-order valence-electron chi connectivity index (χ0n) is 14.7. The number of aromatic nitrogens is 1. The molecule has 3 rings (SSSR count). The van der Waals surface area contributed by atoms with E-state index in [1.807, 2.05) is 38.1 Å². The van der Waals surface area contributed by atoms with Crippen LogP contribution < -0.4 is 4.90 Å². The number of amides is 1. The first-order valence-corrected chi connectivity index (χ1v) is 8.50.